The molecule has 1 amide bonds. The smallest absolute Gasteiger partial charge is 0.231 e. The number of hydrogen-bond acceptors (Lipinski definition) is 6. The summed E-state index contributed by atoms with van der Waals surface area (Å²) in [6.45, 7) is 3.49. The summed E-state index contributed by atoms with van der Waals surface area (Å²) in [5, 5.41) is 15.0. The van der Waals surface area contributed by atoms with Gasteiger partial charge in [-0.25, -0.2) is 0 Å². The number of benzene rings is 2. The number of carbonyl (C=O) groups is 2. The molecule has 7 nitrogen and oxygen atoms in total. The molecule has 1 atom stereocenters. The van der Waals surface area contributed by atoms with E-state index in [-0.39, 0.29) is 17.4 Å². The number of hydrogen-bond donors (Lipinski definition) is 1. The van der Waals surface area contributed by atoms with Crippen LogP contribution in [0.3, 0.4) is 0 Å². The molecule has 0 fully saturated rings. The Morgan fingerprint density at radius 3 is 2.50 bits per heavy atom. The third kappa shape index (κ3) is 5.26. The zero-order valence-corrected chi connectivity index (χ0v) is 16.5. The molecule has 0 radical (unpaired) electrons. The highest BCUT2D eigenvalue weighted by Crippen LogP contribution is 2.18. The van der Waals surface area contributed by atoms with Gasteiger partial charge in [-0.2, -0.15) is 4.68 Å². The highest BCUT2D eigenvalue weighted by atomic mass is 32.2. The summed E-state index contributed by atoms with van der Waals surface area (Å²) in [6, 6.07) is 16.8. The van der Waals surface area contributed by atoms with Crippen LogP contribution in [0.5, 0.6) is 0 Å². The summed E-state index contributed by atoms with van der Waals surface area (Å²) in [7, 11) is 0. The fraction of sp³-hybridized carbons (Fsp3) is 0.250. The van der Waals surface area contributed by atoms with E-state index in [9.17, 15) is 9.59 Å². The van der Waals surface area contributed by atoms with Gasteiger partial charge in [0.1, 0.15) is 0 Å². The van der Waals surface area contributed by atoms with Crippen LogP contribution in [0.25, 0.3) is 5.69 Å². The summed E-state index contributed by atoms with van der Waals surface area (Å²) in [5.74, 6) is -0.198. The van der Waals surface area contributed by atoms with Gasteiger partial charge in [-0.3, -0.25) is 9.59 Å². The molecule has 0 saturated heterocycles. The van der Waals surface area contributed by atoms with Crippen molar-refractivity contribution >= 4 is 23.5 Å². The lowest BCUT2D eigenvalue weighted by atomic mass is 10.0. The van der Waals surface area contributed by atoms with Crippen LogP contribution >= 0.6 is 11.8 Å². The highest BCUT2D eigenvalue weighted by Gasteiger charge is 2.19. The van der Waals surface area contributed by atoms with E-state index in [0.29, 0.717) is 11.6 Å². The number of rotatable bonds is 8. The Morgan fingerprint density at radius 2 is 1.82 bits per heavy atom. The first-order chi connectivity index (χ1) is 13.5. The van der Waals surface area contributed by atoms with Gasteiger partial charge in [0.2, 0.25) is 11.1 Å². The minimum absolute atomic E-state index is 0.0771. The fourth-order valence-electron chi connectivity index (χ4n) is 2.63. The number of nitrogens with one attached hydrogen (secondary N) is 1. The first-order valence-corrected chi connectivity index (χ1v) is 9.83. The van der Waals surface area contributed by atoms with E-state index in [4.69, 9.17) is 0 Å². The van der Waals surface area contributed by atoms with Crippen LogP contribution < -0.4 is 5.32 Å². The van der Waals surface area contributed by atoms with Crippen LogP contribution in [-0.4, -0.2) is 43.7 Å². The molecule has 0 aliphatic rings. The maximum absolute atomic E-state index is 12.4. The van der Waals surface area contributed by atoms with Gasteiger partial charge in [-0.1, -0.05) is 59.8 Å². The predicted octanol–water partition coefficient (Wildman–Crippen LogP) is 2.38. The third-order valence-electron chi connectivity index (χ3n) is 4.16. The first-order valence-electron chi connectivity index (χ1n) is 8.85. The lowest BCUT2D eigenvalue weighted by molar-refractivity contribution is -0.125. The molecule has 28 heavy (non-hydrogen) atoms. The van der Waals surface area contributed by atoms with Gasteiger partial charge in [0.15, 0.2) is 5.78 Å². The average molecular weight is 395 g/mol. The molecule has 3 aromatic rings. The van der Waals surface area contributed by atoms with E-state index >= 15 is 0 Å². The number of Topliss-reactive ketones (excluding diaryl/α,β-unsaturated/α-hetero) is 1. The van der Waals surface area contributed by atoms with Crippen molar-refractivity contribution in [2.75, 3.05) is 5.75 Å². The van der Waals surface area contributed by atoms with Gasteiger partial charge >= 0.3 is 0 Å². The lowest BCUT2D eigenvalue weighted by Crippen LogP contribution is -2.42. The second-order valence-electron chi connectivity index (χ2n) is 6.42. The van der Waals surface area contributed by atoms with Crippen LogP contribution in [0.1, 0.15) is 18.1 Å². The van der Waals surface area contributed by atoms with Gasteiger partial charge in [-0.05, 0) is 48.4 Å². The normalized spacial score (nSPS) is 11.8. The van der Waals surface area contributed by atoms with Crippen LogP contribution in [0.2, 0.25) is 0 Å². The molecule has 1 N–H and O–H groups in total. The van der Waals surface area contributed by atoms with E-state index in [1.165, 1.54) is 18.7 Å². The SMILES string of the molecule is CC(=O)[C@@H](Cc1ccccc1)NC(=O)CSc1nnnn1-c1ccc(C)cc1. The van der Waals surface area contributed by atoms with Crippen molar-refractivity contribution in [3.63, 3.8) is 0 Å². The fourth-order valence-corrected chi connectivity index (χ4v) is 3.33. The number of ketones is 1. The summed E-state index contributed by atoms with van der Waals surface area (Å²) in [5.41, 5.74) is 2.96. The second-order valence-corrected chi connectivity index (χ2v) is 7.36. The van der Waals surface area contributed by atoms with Crippen molar-refractivity contribution in [1.82, 2.24) is 25.5 Å². The Bertz CT molecular complexity index is 941. The van der Waals surface area contributed by atoms with Gasteiger partial charge in [-0.15, -0.1) is 5.10 Å². The maximum atomic E-state index is 12.4. The summed E-state index contributed by atoms with van der Waals surface area (Å²) in [6.07, 6.45) is 0.466. The van der Waals surface area contributed by atoms with Crippen molar-refractivity contribution in [3.05, 3.63) is 65.7 Å². The van der Waals surface area contributed by atoms with Crippen LogP contribution in [0.4, 0.5) is 0 Å². The molecule has 0 saturated carbocycles. The van der Waals surface area contributed by atoms with Gasteiger partial charge in [0.25, 0.3) is 0 Å². The Morgan fingerprint density at radius 1 is 1.11 bits per heavy atom. The van der Waals surface area contributed by atoms with Gasteiger partial charge in [0.05, 0.1) is 17.5 Å². The topological polar surface area (TPSA) is 89.8 Å². The van der Waals surface area contributed by atoms with Crippen LogP contribution in [-0.2, 0) is 16.0 Å². The summed E-state index contributed by atoms with van der Waals surface area (Å²) >= 11 is 1.22. The molecular weight excluding hydrogens is 374 g/mol. The molecule has 2 aromatic carbocycles. The summed E-state index contributed by atoms with van der Waals surface area (Å²) < 4.78 is 1.59. The average Bonchev–Trinajstić information content (AvgIpc) is 3.16. The van der Waals surface area contributed by atoms with Crippen molar-refractivity contribution in [1.29, 1.82) is 0 Å². The standard InChI is InChI=1S/C20H21N5O2S/c1-14-8-10-17(11-9-14)25-20(22-23-24-25)28-13-19(27)21-18(15(2)26)12-16-6-4-3-5-7-16/h3-11,18H,12-13H2,1-2H3,(H,21,27)/t18-/m1/s1. The number of thioether (sulfide) groups is 1. The molecule has 0 aliphatic carbocycles. The second kappa shape index (κ2) is 9.27. The maximum Gasteiger partial charge on any atom is 0.231 e. The molecule has 144 valence electrons. The molecule has 8 heteroatoms. The molecule has 0 bridgehead atoms. The molecule has 0 spiro atoms. The molecule has 3 rings (SSSR count). The number of tetrazole rings is 1. The largest absolute Gasteiger partial charge is 0.345 e. The van der Waals surface area contributed by atoms with E-state index in [0.717, 1.165) is 16.8 Å². The van der Waals surface area contributed by atoms with Crippen molar-refractivity contribution in [3.8, 4) is 5.69 Å². The van der Waals surface area contributed by atoms with Crippen molar-refractivity contribution in [2.45, 2.75) is 31.5 Å². The number of aryl methyl sites for hydroxylation is 1. The Kier molecular flexibility index (Phi) is 6.54. The number of nitrogens with zero attached hydrogens (tertiary/aromatic N) is 4. The van der Waals surface area contributed by atoms with E-state index in [2.05, 4.69) is 20.8 Å². The first kappa shape index (κ1) is 19.8. The zero-order chi connectivity index (χ0) is 19.9. The van der Waals surface area contributed by atoms with E-state index in [1.807, 2.05) is 61.5 Å². The highest BCUT2D eigenvalue weighted by molar-refractivity contribution is 7.99. The Hall–Kier alpha value is -3.00. The predicted molar refractivity (Wildman–Crippen MR) is 107 cm³/mol. The summed E-state index contributed by atoms with van der Waals surface area (Å²) in [4.78, 5) is 24.3. The molecule has 0 unspecified atom stereocenters. The minimum atomic E-state index is -0.552. The molecular formula is C20H21N5O2S. The minimum Gasteiger partial charge on any atom is -0.345 e. The Labute approximate surface area is 167 Å². The monoisotopic (exact) mass is 395 g/mol. The Balaban J connectivity index is 1.60. The molecule has 0 aliphatic heterocycles. The zero-order valence-electron chi connectivity index (χ0n) is 15.7. The van der Waals surface area contributed by atoms with E-state index < -0.39 is 6.04 Å². The number of carbonyl (C=O) groups excluding carboxylic acids is 2. The quantitative estimate of drug-likeness (QED) is 0.589. The molecule has 1 heterocycles. The molecule has 1 aromatic heterocycles. The number of amides is 1. The van der Waals surface area contributed by atoms with Crippen molar-refractivity contribution < 1.29 is 9.59 Å². The van der Waals surface area contributed by atoms with Gasteiger partial charge in [0, 0.05) is 0 Å². The van der Waals surface area contributed by atoms with Crippen LogP contribution in [0, 0.1) is 6.92 Å². The van der Waals surface area contributed by atoms with E-state index in [1.54, 1.807) is 4.68 Å². The number of aromatic nitrogens is 4. The third-order valence-corrected chi connectivity index (χ3v) is 5.08. The van der Waals surface area contributed by atoms with Crippen LogP contribution in [0.15, 0.2) is 59.8 Å². The lowest BCUT2D eigenvalue weighted by Gasteiger charge is -2.16. The van der Waals surface area contributed by atoms with Gasteiger partial charge < -0.3 is 5.32 Å². The van der Waals surface area contributed by atoms with Crippen molar-refractivity contribution in [2.24, 2.45) is 0 Å².